The molecule has 98 valence electrons. The van der Waals surface area contributed by atoms with Gasteiger partial charge in [0.1, 0.15) is 5.82 Å². The first kappa shape index (κ1) is 13.6. The molecule has 0 aliphatic rings. The third-order valence-corrected chi connectivity index (χ3v) is 3.67. The van der Waals surface area contributed by atoms with Crippen molar-refractivity contribution in [3.63, 3.8) is 0 Å². The average molecular weight is 275 g/mol. The third kappa shape index (κ3) is 3.83. The van der Waals surface area contributed by atoms with Gasteiger partial charge in [-0.3, -0.25) is 4.79 Å². The van der Waals surface area contributed by atoms with Crippen LogP contribution in [0.2, 0.25) is 0 Å². The van der Waals surface area contributed by atoms with Crippen molar-refractivity contribution in [1.82, 2.24) is 0 Å². The Balaban J connectivity index is 1.99. The summed E-state index contributed by atoms with van der Waals surface area (Å²) in [4.78, 5) is 13.0. The number of thioether (sulfide) groups is 1. The number of amides is 1. The Kier molecular flexibility index (Phi) is 4.58. The number of carbonyl (C=O) groups excluding carboxylic acids is 1. The van der Waals surface area contributed by atoms with Crippen LogP contribution in [0.3, 0.4) is 0 Å². The summed E-state index contributed by atoms with van der Waals surface area (Å²) in [7, 11) is 0. The van der Waals surface area contributed by atoms with Crippen LogP contribution in [-0.4, -0.2) is 11.2 Å². The number of rotatable bonds is 4. The van der Waals surface area contributed by atoms with Crippen molar-refractivity contribution in [3.05, 3.63) is 60.4 Å². The fraction of sp³-hybridized carbons (Fsp3) is 0.133. The number of benzene rings is 2. The van der Waals surface area contributed by atoms with Gasteiger partial charge in [-0.1, -0.05) is 30.3 Å². The number of carbonyl (C=O) groups is 1. The molecule has 0 radical (unpaired) electrons. The second-order valence-corrected chi connectivity index (χ2v) is 5.46. The third-order valence-electron chi connectivity index (χ3n) is 2.56. The molecule has 0 unspecified atom stereocenters. The summed E-state index contributed by atoms with van der Waals surface area (Å²) in [5, 5.41) is 2.31. The summed E-state index contributed by atoms with van der Waals surface area (Å²) < 4.78 is 13.4. The van der Waals surface area contributed by atoms with Crippen molar-refractivity contribution in [1.29, 1.82) is 0 Å². The van der Waals surface area contributed by atoms with Crippen LogP contribution < -0.4 is 5.32 Å². The predicted octanol–water partition coefficient (Wildman–Crippen LogP) is 3.95. The van der Waals surface area contributed by atoms with Crippen LogP contribution in [0.25, 0.3) is 0 Å². The molecule has 1 N–H and O–H groups in total. The van der Waals surface area contributed by atoms with E-state index in [4.69, 9.17) is 0 Å². The molecule has 4 heteroatoms. The molecule has 0 aliphatic heterocycles. The smallest absolute Gasteiger partial charge is 0.237 e. The highest BCUT2D eigenvalue weighted by molar-refractivity contribution is 8.00. The first-order valence-electron chi connectivity index (χ1n) is 5.94. The Morgan fingerprint density at radius 1 is 1.11 bits per heavy atom. The molecule has 2 aromatic carbocycles. The Labute approximate surface area is 116 Å². The van der Waals surface area contributed by atoms with E-state index in [1.165, 1.54) is 17.8 Å². The Hall–Kier alpha value is -1.81. The second kappa shape index (κ2) is 6.38. The van der Waals surface area contributed by atoms with E-state index in [1.807, 2.05) is 30.3 Å². The summed E-state index contributed by atoms with van der Waals surface area (Å²) in [6.07, 6.45) is 0. The topological polar surface area (TPSA) is 29.1 Å². The minimum absolute atomic E-state index is 0.209. The Morgan fingerprint density at radius 3 is 2.42 bits per heavy atom. The lowest BCUT2D eigenvalue weighted by Crippen LogP contribution is -2.22. The van der Waals surface area contributed by atoms with Gasteiger partial charge >= 0.3 is 0 Å². The lowest BCUT2D eigenvalue weighted by atomic mass is 10.3. The Morgan fingerprint density at radius 2 is 1.74 bits per heavy atom. The van der Waals surface area contributed by atoms with Crippen molar-refractivity contribution >= 4 is 23.4 Å². The molecule has 0 aliphatic carbocycles. The van der Waals surface area contributed by atoms with Crippen LogP contribution in [0.5, 0.6) is 0 Å². The maximum atomic E-state index is 13.4. The SMILES string of the molecule is C[C@H](Sc1ccccc1)C(=O)Nc1ccccc1F. The molecule has 2 aromatic rings. The highest BCUT2D eigenvalue weighted by Gasteiger charge is 2.15. The van der Waals surface area contributed by atoms with Crippen molar-refractivity contribution < 1.29 is 9.18 Å². The van der Waals surface area contributed by atoms with Crippen molar-refractivity contribution in [2.45, 2.75) is 17.1 Å². The molecular formula is C15H14FNOS. The summed E-state index contributed by atoms with van der Waals surface area (Å²) in [5.41, 5.74) is 0.216. The average Bonchev–Trinajstić information content (AvgIpc) is 2.42. The Bertz CT molecular complexity index is 559. The van der Waals surface area contributed by atoms with Crippen LogP contribution in [0.15, 0.2) is 59.5 Å². The van der Waals surface area contributed by atoms with E-state index in [9.17, 15) is 9.18 Å². The number of hydrogen-bond donors (Lipinski definition) is 1. The highest BCUT2D eigenvalue weighted by Crippen LogP contribution is 2.24. The molecule has 0 bridgehead atoms. The monoisotopic (exact) mass is 275 g/mol. The highest BCUT2D eigenvalue weighted by atomic mass is 32.2. The zero-order valence-corrected chi connectivity index (χ0v) is 11.3. The molecule has 0 heterocycles. The van der Waals surface area contributed by atoms with Gasteiger partial charge in [0, 0.05) is 4.90 Å². The normalized spacial score (nSPS) is 11.9. The number of anilines is 1. The van der Waals surface area contributed by atoms with Crippen molar-refractivity contribution in [2.75, 3.05) is 5.32 Å². The van der Waals surface area contributed by atoms with Crippen LogP contribution in [-0.2, 0) is 4.79 Å². The first-order chi connectivity index (χ1) is 9.16. The van der Waals surface area contributed by atoms with E-state index in [0.717, 1.165) is 4.90 Å². The van der Waals surface area contributed by atoms with E-state index < -0.39 is 5.82 Å². The molecule has 2 nitrogen and oxygen atoms in total. The van der Waals surface area contributed by atoms with E-state index in [-0.39, 0.29) is 16.8 Å². The molecule has 0 saturated carbocycles. The minimum Gasteiger partial charge on any atom is -0.323 e. The van der Waals surface area contributed by atoms with Gasteiger partial charge in [-0.25, -0.2) is 4.39 Å². The lowest BCUT2D eigenvalue weighted by molar-refractivity contribution is -0.115. The minimum atomic E-state index is -0.423. The van der Waals surface area contributed by atoms with Crippen LogP contribution in [0, 0.1) is 5.82 Å². The quantitative estimate of drug-likeness (QED) is 0.856. The van der Waals surface area contributed by atoms with Gasteiger partial charge in [0.05, 0.1) is 10.9 Å². The van der Waals surface area contributed by atoms with Gasteiger partial charge in [0.15, 0.2) is 0 Å². The molecule has 2 rings (SSSR count). The fourth-order valence-corrected chi connectivity index (χ4v) is 2.44. The van der Waals surface area contributed by atoms with E-state index >= 15 is 0 Å². The summed E-state index contributed by atoms with van der Waals surface area (Å²) in [6, 6.07) is 15.8. The van der Waals surface area contributed by atoms with Gasteiger partial charge in [-0.05, 0) is 31.2 Å². The number of halogens is 1. The molecule has 0 saturated heterocycles. The zero-order chi connectivity index (χ0) is 13.7. The largest absolute Gasteiger partial charge is 0.323 e. The summed E-state index contributed by atoms with van der Waals surface area (Å²) in [6.45, 7) is 1.80. The van der Waals surface area contributed by atoms with Gasteiger partial charge in [-0.15, -0.1) is 11.8 Å². The molecule has 0 spiro atoms. The predicted molar refractivity (Wildman–Crippen MR) is 76.8 cm³/mol. The van der Waals surface area contributed by atoms with Gasteiger partial charge in [0.25, 0.3) is 0 Å². The molecule has 1 atom stereocenters. The van der Waals surface area contributed by atoms with Gasteiger partial charge in [0.2, 0.25) is 5.91 Å². The summed E-state index contributed by atoms with van der Waals surface area (Å²) >= 11 is 1.44. The van der Waals surface area contributed by atoms with Gasteiger partial charge < -0.3 is 5.32 Å². The maximum absolute atomic E-state index is 13.4. The number of hydrogen-bond acceptors (Lipinski definition) is 2. The maximum Gasteiger partial charge on any atom is 0.237 e. The number of nitrogens with one attached hydrogen (secondary N) is 1. The van der Waals surface area contributed by atoms with Gasteiger partial charge in [-0.2, -0.15) is 0 Å². The van der Waals surface area contributed by atoms with Crippen molar-refractivity contribution in [2.24, 2.45) is 0 Å². The van der Waals surface area contributed by atoms with Crippen LogP contribution in [0.4, 0.5) is 10.1 Å². The zero-order valence-electron chi connectivity index (χ0n) is 10.5. The molecule has 1 amide bonds. The van der Waals surface area contributed by atoms with E-state index in [1.54, 1.807) is 25.1 Å². The van der Waals surface area contributed by atoms with E-state index in [2.05, 4.69) is 5.32 Å². The standard InChI is InChI=1S/C15H14FNOS/c1-11(19-12-7-3-2-4-8-12)15(18)17-14-10-6-5-9-13(14)16/h2-11H,1H3,(H,17,18)/t11-/m0/s1. The molecule has 0 fully saturated rings. The second-order valence-electron chi connectivity index (χ2n) is 4.04. The van der Waals surface area contributed by atoms with E-state index in [0.29, 0.717) is 0 Å². The summed E-state index contributed by atoms with van der Waals surface area (Å²) in [5.74, 6) is -0.633. The number of para-hydroxylation sites is 1. The fourth-order valence-electron chi connectivity index (χ4n) is 1.55. The lowest BCUT2D eigenvalue weighted by Gasteiger charge is -2.12. The first-order valence-corrected chi connectivity index (χ1v) is 6.82. The molecule has 19 heavy (non-hydrogen) atoms. The molecule has 0 aromatic heterocycles. The van der Waals surface area contributed by atoms with Crippen molar-refractivity contribution in [3.8, 4) is 0 Å². The molecular weight excluding hydrogens is 261 g/mol. The van der Waals surface area contributed by atoms with Crippen LogP contribution in [0.1, 0.15) is 6.92 Å². The van der Waals surface area contributed by atoms with Crippen LogP contribution >= 0.6 is 11.8 Å².